The van der Waals surface area contributed by atoms with Gasteiger partial charge in [0.2, 0.25) is 6.79 Å². The summed E-state index contributed by atoms with van der Waals surface area (Å²) < 4.78 is 24.6. The van der Waals surface area contributed by atoms with Crippen LogP contribution in [0.1, 0.15) is 39.1 Å². The van der Waals surface area contributed by atoms with Gasteiger partial charge in [-0.2, -0.15) is 0 Å². The van der Waals surface area contributed by atoms with Crippen LogP contribution in [-0.4, -0.2) is 37.7 Å². The summed E-state index contributed by atoms with van der Waals surface area (Å²) >= 11 is 0. The molecule has 3 aromatic rings. The third-order valence-electron chi connectivity index (χ3n) is 6.33. The molecule has 0 atom stereocenters. The van der Waals surface area contributed by atoms with Crippen molar-refractivity contribution in [3.63, 3.8) is 0 Å². The lowest BCUT2D eigenvalue weighted by atomic mass is 10.0. The second kappa shape index (κ2) is 10.0. The molecule has 5 rings (SSSR count). The third kappa shape index (κ3) is 5.06. The average molecular weight is 476 g/mol. The number of fused-ring (bicyclic) bond motifs is 1. The highest BCUT2D eigenvalue weighted by molar-refractivity contribution is 5.99. The summed E-state index contributed by atoms with van der Waals surface area (Å²) in [6.07, 6.45) is 1.40. The van der Waals surface area contributed by atoms with Gasteiger partial charge in [0.25, 0.3) is 11.8 Å². The minimum atomic E-state index is -0.525. The molecule has 0 bridgehead atoms. The molecule has 0 radical (unpaired) electrons. The summed E-state index contributed by atoms with van der Waals surface area (Å²) in [5, 5.41) is 5.93. The molecule has 2 aliphatic heterocycles. The van der Waals surface area contributed by atoms with Crippen molar-refractivity contribution in [3.05, 3.63) is 89.2 Å². The van der Waals surface area contributed by atoms with Crippen LogP contribution in [0.4, 0.5) is 10.1 Å². The second-order valence-electron chi connectivity index (χ2n) is 8.60. The van der Waals surface area contributed by atoms with E-state index in [0.717, 1.165) is 11.3 Å². The number of halogens is 1. The summed E-state index contributed by atoms with van der Waals surface area (Å²) in [7, 11) is 0. The lowest BCUT2D eigenvalue weighted by Gasteiger charge is -2.35. The van der Waals surface area contributed by atoms with Crippen molar-refractivity contribution in [1.82, 2.24) is 10.6 Å². The van der Waals surface area contributed by atoms with Gasteiger partial charge < -0.3 is 25.0 Å². The van der Waals surface area contributed by atoms with E-state index in [1.54, 1.807) is 12.1 Å². The van der Waals surface area contributed by atoms with Gasteiger partial charge in [-0.1, -0.05) is 30.3 Å². The van der Waals surface area contributed by atoms with Crippen LogP contribution in [0, 0.1) is 5.82 Å². The number of nitrogens with one attached hydrogen (secondary N) is 2. The van der Waals surface area contributed by atoms with E-state index in [1.807, 2.05) is 42.5 Å². The lowest BCUT2D eigenvalue weighted by molar-refractivity contribution is 0.0925. The average Bonchev–Trinajstić information content (AvgIpc) is 3.36. The first-order valence-corrected chi connectivity index (χ1v) is 11.6. The highest BCUT2D eigenvalue weighted by atomic mass is 19.1. The van der Waals surface area contributed by atoms with E-state index < -0.39 is 11.7 Å². The van der Waals surface area contributed by atoms with Crippen LogP contribution in [0.2, 0.25) is 0 Å². The summed E-state index contributed by atoms with van der Waals surface area (Å²) in [6, 6.07) is 19.1. The van der Waals surface area contributed by atoms with Crippen molar-refractivity contribution < 1.29 is 23.5 Å². The standard InChI is InChI=1S/C27H26FN3O4/c28-22-7-3-1-5-20(22)27(33)30-19-11-13-31(14-12-19)23-8-4-2-6-21(23)26(32)29-16-18-9-10-24-25(15-18)35-17-34-24/h1-10,15,19H,11-14,16-17H2,(H,29,32)(H,30,33). The van der Waals surface area contributed by atoms with Gasteiger partial charge in [-0.05, 0) is 54.8 Å². The van der Waals surface area contributed by atoms with Gasteiger partial charge in [-0.15, -0.1) is 0 Å². The van der Waals surface area contributed by atoms with Crippen LogP contribution in [0.15, 0.2) is 66.7 Å². The Balaban J connectivity index is 1.19. The number of ether oxygens (including phenoxy) is 2. The normalized spacial score (nSPS) is 15.1. The highest BCUT2D eigenvalue weighted by Crippen LogP contribution is 2.32. The zero-order valence-electron chi connectivity index (χ0n) is 19.1. The molecule has 0 aromatic heterocycles. The van der Waals surface area contributed by atoms with Crippen molar-refractivity contribution >= 4 is 17.5 Å². The van der Waals surface area contributed by atoms with Gasteiger partial charge in [-0.3, -0.25) is 9.59 Å². The predicted molar refractivity (Wildman–Crippen MR) is 129 cm³/mol. The highest BCUT2D eigenvalue weighted by Gasteiger charge is 2.25. The van der Waals surface area contributed by atoms with Crippen LogP contribution >= 0.6 is 0 Å². The fourth-order valence-electron chi connectivity index (χ4n) is 4.44. The first kappa shape index (κ1) is 22.7. The molecule has 1 fully saturated rings. The number of hydrogen-bond acceptors (Lipinski definition) is 5. The molecule has 2 aliphatic rings. The molecule has 35 heavy (non-hydrogen) atoms. The Morgan fingerprint density at radius 2 is 1.60 bits per heavy atom. The Morgan fingerprint density at radius 1 is 0.886 bits per heavy atom. The Bertz CT molecular complexity index is 1240. The number of hydrogen-bond donors (Lipinski definition) is 2. The summed E-state index contributed by atoms with van der Waals surface area (Å²) in [4.78, 5) is 27.6. The van der Waals surface area contributed by atoms with E-state index in [1.165, 1.54) is 12.1 Å². The molecule has 1 saturated heterocycles. The van der Waals surface area contributed by atoms with Crippen molar-refractivity contribution in [2.75, 3.05) is 24.8 Å². The number of benzene rings is 3. The number of piperidine rings is 1. The van der Waals surface area contributed by atoms with Gasteiger partial charge in [-0.25, -0.2) is 4.39 Å². The van der Waals surface area contributed by atoms with Gasteiger partial charge in [0.15, 0.2) is 11.5 Å². The van der Waals surface area contributed by atoms with Gasteiger partial charge in [0, 0.05) is 31.4 Å². The van der Waals surface area contributed by atoms with Gasteiger partial charge in [0.05, 0.1) is 11.1 Å². The molecule has 2 N–H and O–H groups in total. The lowest BCUT2D eigenvalue weighted by Crippen LogP contribution is -2.45. The minimum Gasteiger partial charge on any atom is -0.454 e. The van der Waals surface area contributed by atoms with E-state index in [-0.39, 0.29) is 24.3 Å². The van der Waals surface area contributed by atoms with E-state index in [4.69, 9.17) is 9.47 Å². The van der Waals surface area contributed by atoms with Crippen LogP contribution in [-0.2, 0) is 6.54 Å². The van der Waals surface area contributed by atoms with Crippen LogP contribution in [0.25, 0.3) is 0 Å². The second-order valence-corrected chi connectivity index (χ2v) is 8.60. The number of amides is 2. The molecule has 0 spiro atoms. The summed E-state index contributed by atoms with van der Waals surface area (Å²) in [6.45, 7) is 1.93. The van der Waals surface area contributed by atoms with E-state index in [9.17, 15) is 14.0 Å². The first-order valence-electron chi connectivity index (χ1n) is 11.6. The Kier molecular flexibility index (Phi) is 6.52. The number of nitrogens with zero attached hydrogens (tertiary/aromatic N) is 1. The maximum Gasteiger partial charge on any atom is 0.254 e. The Morgan fingerprint density at radius 3 is 2.40 bits per heavy atom. The largest absolute Gasteiger partial charge is 0.454 e. The number of rotatable bonds is 6. The molecule has 2 amide bonds. The summed E-state index contributed by atoms with van der Waals surface area (Å²) in [5.41, 5.74) is 2.43. The molecule has 0 aliphatic carbocycles. The van der Waals surface area contributed by atoms with Crippen molar-refractivity contribution in [2.24, 2.45) is 0 Å². The smallest absolute Gasteiger partial charge is 0.254 e. The molecule has 3 aromatic carbocycles. The van der Waals surface area contributed by atoms with Crippen molar-refractivity contribution in [1.29, 1.82) is 0 Å². The molecule has 8 heteroatoms. The first-order chi connectivity index (χ1) is 17.1. The summed E-state index contributed by atoms with van der Waals surface area (Å²) in [5.74, 6) is 0.308. The molecular formula is C27H26FN3O4. The maximum absolute atomic E-state index is 13.9. The van der Waals surface area contributed by atoms with Gasteiger partial charge in [0.1, 0.15) is 5.82 Å². The molecule has 180 valence electrons. The number of carbonyl (C=O) groups excluding carboxylic acids is 2. The topological polar surface area (TPSA) is 79.9 Å². The van der Waals surface area contributed by atoms with Crippen LogP contribution in [0.5, 0.6) is 11.5 Å². The Hall–Kier alpha value is -4.07. The quantitative estimate of drug-likeness (QED) is 0.566. The molecule has 0 saturated carbocycles. The molecular weight excluding hydrogens is 449 g/mol. The molecule has 7 nitrogen and oxygen atoms in total. The Labute approximate surface area is 202 Å². The number of para-hydroxylation sites is 1. The van der Waals surface area contributed by atoms with Crippen molar-refractivity contribution in [3.8, 4) is 11.5 Å². The fraction of sp³-hybridized carbons (Fsp3) is 0.259. The van der Waals surface area contributed by atoms with E-state index in [2.05, 4.69) is 15.5 Å². The van der Waals surface area contributed by atoms with Gasteiger partial charge >= 0.3 is 0 Å². The van der Waals surface area contributed by atoms with E-state index in [0.29, 0.717) is 49.5 Å². The monoisotopic (exact) mass is 475 g/mol. The molecule has 2 heterocycles. The minimum absolute atomic E-state index is 0.0506. The SMILES string of the molecule is O=C(NC1CCN(c2ccccc2C(=O)NCc2ccc3c(c2)OCO3)CC1)c1ccccc1F. The predicted octanol–water partition coefficient (Wildman–Crippen LogP) is 3.88. The molecule has 0 unspecified atom stereocenters. The van der Waals surface area contributed by atoms with Crippen LogP contribution in [0.3, 0.4) is 0 Å². The zero-order valence-corrected chi connectivity index (χ0v) is 19.1. The van der Waals surface area contributed by atoms with E-state index >= 15 is 0 Å². The number of anilines is 1. The third-order valence-corrected chi connectivity index (χ3v) is 6.33. The van der Waals surface area contributed by atoms with Crippen molar-refractivity contribution in [2.45, 2.75) is 25.4 Å². The zero-order chi connectivity index (χ0) is 24.2. The fourth-order valence-corrected chi connectivity index (χ4v) is 4.44. The van der Waals surface area contributed by atoms with Crippen LogP contribution < -0.4 is 25.0 Å². The number of carbonyl (C=O) groups is 2. The maximum atomic E-state index is 13.9.